The molecule has 4 atom stereocenters. The lowest BCUT2D eigenvalue weighted by Crippen LogP contribution is -2.49. The first-order valence-electron chi connectivity index (χ1n) is 9.30. The summed E-state index contributed by atoms with van der Waals surface area (Å²) >= 11 is 0. The number of hydrogen-bond acceptors (Lipinski definition) is 3. The van der Waals surface area contributed by atoms with E-state index in [0.717, 1.165) is 54.6 Å². The number of fused-ring (bicyclic) bond motifs is 2. The fraction of sp³-hybridized carbons (Fsp3) is 0.550. The number of ether oxygens (including phenoxy) is 1. The number of urea groups is 1. The van der Waals surface area contributed by atoms with Gasteiger partial charge in [-0.05, 0) is 45.6 Å². The lowest BCUT2D eigenvalue weighted by molar-refractivity contribution is 0.0548. The molecule has 2 aliphatic rings. The van der Waals surface area contributed by atoms with E-state index < -0.39 is 0 Å². The number of amides is 2. The smallest absolute Gasteiger partial charge is 0.315 e. The number of carbonyl (C=O) groups is 1. The fourth-order valence-electron chi connectivity index (χ4n) is 4.43. The second-order valence-corrected chi connectivity index (χ2v) is 7.33. The van der Waals surface area contributed by atoms with E-state index >= 15 is 0 Å². The van der Waals surface area contributed by atoms with Gasteiger partial charge in [0.15, 0.2) is 0 Å². The van der Waals surface area contributed by atoms with Crippen molar-refractivity contribution in [3.05, 3.63) is 35.6 Å². The molecule has 4 rings (SSSR count). The van der Waals surface area contributed by atoms with E-state index in [4.69, 9.17) is 9.15 Å². The number of aryl methyl sites for hydroxylation is 1. The second kappa shape index (κ2) is 6.71. The van der Waals surface area contributed by atoms with Crippen molar-refractivity contribution in [3.63, 3.8) is 0 Å². The van der Waals surface area contributed by atoms with Crippen LogP contribution in [0.25, 0.3) is 11.0 Å². The number of nitrogens with one attached hydrogen (secondary N) is 2. The monoisotopic (exact) mass is 342 g/mol. The van der Waals surface area contributed by atoms with Gasteiger partial charge in [-0.3, -0.25) is 0 Å². The standard InChI is InChI=1S/C20H26N2O3/c1-12-14-6-3-4-8-18(14)25-19(12)13(2)21-20(23)22-16-7-5-9-17-15(16)10-11-24-17/h3-4,6,8,13,15-17H,5,7,9-11H2,1-2H3,(H2,21,22,23). The number of rotatable bonds is 3. The molecule has 0 spiro atoms. The summed E-state index contributed by atoms with van der Waals surface area (Å²) in [6.45, 7) is 4.83. The van der Waals surface area contributed by atoms with Gasteiger partial charge < -0.3 is 19.8 Å². The summed E-state index contributed by atoms with van der Waals surface area (Å²) in [6.07, 6.45) is 4.65. The summed E-state index contributed by atoms with van der Waals surface area (Å²) in [4.78, 5) is 12.5. The number of hydrogen-bond donors (Lipinski definition) is 2. The van der Waals surface area contributed by atoms with E-state index in [1.807, 2.05) is 38.1 Å². The highest BCUT2D eigenvalue weighted by Crippen LogP contribution is 2.34. The Hall–Kier alpha value is -2.01. The molecule has 2 aromatic rings. The zero-order valence-corrected chi connectivity index (χ0v) is 14.9. The minimum Gasteiger partial charge on any atom is -0.459 e. The Labute approximate surface area is 148 Å². The average Bonchev–Trinajstić information content (AvgIpc) is 3.21. The molecule has 0 radical (unpaired) electrons. The molecule has 4 unspecified atom stereocenters. The van der Waals surface area contributed by atoms with Crippen LogP contribution in [0.1, 0.15) is 50.0 Å². The summed E-state index contributed by atoms with van der Waals surface area (Å²) in [5.41, 5.74) is 1.95. The van der Waals surface area contributed by atoms with Crippen molar-refractivity contribution in [3.8, 4) is 0 Å². The SMILES string of the molecule is Cc1c(C(C)NC(=O)NC2CCCC3OCCC23)oc2ccccc12. The van der Waals surface area contributed by atoms with Crippen LogP contribution in [-0.4, -0.2) is 24.8 Å². The van der Waals surface area contributed by atoms with Crippen molar-refractivity contribution in [2.45, 2.75) is 57.7 Å². The molecule has 5 heteroatoms. The molecule has 134 valence electrons. The second-order valence-electron chi connectivity index (χ2n) is 7.33. The lowest BCUT2D eigenvalue weighted by atomic mass is 9.82. The highest BCUT2D eigenvalue weighted by Gasteiger charge is 2.38. The highest BCUT2D eigenvalue weighted by molar-refractivity contribution is 5.82. The highest BCUT2D eigenvalue weighted by atomic mass is 16.5. The molecular formula is C20H26N2O3. The third kappa shape index (κ3) is 3.13. The normalized spacial score (nSPS) is 27.0. The van der Waals surface area contributed by atoms with Crippen LogP contribution in [0.4, 0.5) is 4.79 Å². The number of benzene rings is 1. The van der Waals surface area contributed by atoms with Gasteiger partial charge >= 0.3 is 6.03 Å². The molecule has 1 saturated heterocycles. The van der Waals surface area contributed by atoms with E-state index in [1.165, 1.54) is 0 Å². The summed E-state index contributed by atoms with van der Waals surface area (Å²) < 4.78 is 11.7. The predicted molar refractivity (Wildman–Crippen MR) is 96.5 cm³/mol. The van der Waals surface area contributed by atoms with Gasteiger partial charge in [-0.15, -0.1) is 0 Å². The summed E-state index contributed by atoms with van der Waals surface area (Å²) in [5.74, 6) is 1.28. The molecule has 1 aromatic carbocycles. The van der Waals surface area contributed by atoms with Crippen molar-refractivity contribution < 1.29 is 13.9 Å². The van der Waals surface area contributed by atoms with Gasteiger partial charge in [0.1, 0.15) is 11.3 Å². The van der Waals surface area contributed by atoms with Crippen LogP contribution < -0.4 is 10.6 Å². The first-order valence-corrected chi connectivity index (χ1v) is 9.30. The molecule has 2 heterocycles. The molecular weight excluding hydrogens is 316 g/mol. The molecule has 25 heavy (non-hydrogen) atoms. The first kappa shape index (κ1) is 16.5. The van der Waals surface area contributed by atoms with Crippen molar-refractivity contribution >= 4 is 17.0 Å². The summed E-state index contributed by atoms with van der Waals surface area (Å²) in [5, 5.41) is 7.31. The van der Waals surface area contributed by atoms with Crippen LogP contribution >= 0.6 is 0 Å². The number of para-hydroxylation sites is 1. The van der Waals surface area contributed by atoms with E-state index in [0.29, 0.717) is 12.0 Å². The molecule has 1 aliphatic carbocycles. The Balaban J connectivity index is 1.42. The van der Waals surface area contributed by atoms with Crippen molar-refractivity contribution in [2.75, 3.05) is 6.61 Å². The molecule has 1 saturated carbocycles. The van der Waals surface area contributed by atoms with Crippen molar-refractivity contribution in [1.82, 2.24) is 10.6 Å². The van der Waals surface area contributed by atoms with Gasteiger partial charge in [-0.25, -0.2) is 4.79 Å². The van der Waals surface area contributed by atoms with E-state index in [-0.39, 0.29) is 18.1 Å². The van der Waals surface area contributed by atoms with Gasteiger partial charge in [0.25, 0.3) is 0 Å². The maximum absolute atomic E-state index is 12.5. The van der Waals surface area contributed by atoms with Gasteiger partial charge in [0.05, 0.1) is 12.1 Å². The Morgan fingerprint density at radius 1 is 1.24 bits per heavy atom. The Kier molecular flexibility index (Phi) is 4.42. The Morgan fingerprint density at radius 2 is 2.08 bits per heavy atom. The quantitative estimate of drug-likeness (QED) is 0.884. The minimum atomic E-state index is -0.174. The maximum atomic E-state index is 12.5. The molecule has 2 N–H and O–H groups in total. The molecule has 2 fully saturated rings. The Bertz CT molecular complexity index is 769. The molecule has 1 aromatic heterocycles. The van der Waals surface area contributed by atoms with Crippen LogP contribution in [0.15, 0.2) is 28.7 Å². The van der Waals surface area contributed by atoms with Gasteiger partial charge in [-0.2, -0.15) is 0 Å². The van der Waals surface area contributed by atoms with Crippen LogP contribution in [-0.2, 0) is 4.74 Å². The van der Waals surface area contributed by atoms with Crippen LogP contribution in [0, 0.1) is 12.8 Å². The summed E-state index contributed by atoms with van der Waals surface area (Å²) in [6, 6.07) is 7.89. The largest absolute Gasteiger partial charge is 0.459 e. The van der Waals surface area contributed by atoms with Crippen molar-refractivity contribution in [1.29, 1.82) is 0 Å². The predicted octanol–water partition coefficient (Wildman–Crippen LogP) is 4.06. The minimum absolute atomic E-state index is 0.120. The van der Waals surface area contributed by atoms with Crippen LogP contribution in [0.3, 0.4) is 0 Å². The zero-order chi connectivity index (χ0) is 17.4. The fourth-order valence-corrected chi connectivity index (χ4v) is 4.43. The molecule has 5 nitrogen and oxygen atoms in total. The number of furan rings is 1. The van der Waals surface area contributed by atoms with E-state index in [1.54, 1.807) is 0 Å². The molecule has 1 aliphatic heterocycles. The first-order chi connectivity index (χ1) is 12.1. The van der Waals surface area contributed by atoms with E-state index in [9.17, 15) is 4.79 Å². The van der Waals surface area contributed by atoms with Gasteiger partial charge in [0.2, 0.25) is 0 Å². The number of carbonyl (C=O) groups excluding carboxylic acids is 1. The van der Waals surface area contributed by atoms with Gasteiger partial charge in [-0.1, -0.05) is 18.2 Å². The van der Waals surface area contributed by atoms with Crippen LogP contribution in [0.5, 0.6) is 0 Å². The average molecular weight is 342 g/mol. The topological polar surface area (TPSA) is 63.5 Å². The van der Waals surface area contributed by atoms with Crippen LogP contribution in [0.2, 0.25) is 0 Å². The maximum Gasteiger partial charge on any atom is 0.315 e. The zero-order valence-electron chi connectivity index (χ0n) is 14.9. The molecule has 0 bridgehead atoms. The lowest BCUT2D eigenvalue weighted by Gasteiger charge is -2.33. The third-order valence-electron chi connectivity index (χ3n) is 5.72. The van der Waals surface area contributed by atoms with Gasteiger partial charge in [0, 0.05) is 29.5 Å². The Morgan fingerprint density at radius 3 is 2.92 bits per heavy atom. The summed E-state index contributed by atoms with van der Waals surface area (Å²) in [7, 11) is 0. The van der Waals surface area contributed by atoms with Crippen molar-refractivity contribution in [2.24, 2.45) is 5.92 Å². The third-order valence-corrected chi connectivity index (χ3v) is 5.72. The molecule has 2 amide bonds. The van der Waals surface area contributed by atoms with E-state index in [2.05, 4.69) is 10.6 Å².